The first-order valence-electron chi connectivity index (χ1n) is 7.11. The van der Waals surface area contributed by atoms with Crippen molar-refractivity contribution < 1.29 is 0 Å². The predicted molar refractivity (Wildman–Crippen MR) is 87.2 cm³/mol. The van der Waals surface area contributed by atoms with Crippen molar-refractivity contribution in [2.75, 3.05) is 0 Å². The van der Waals surface area contributed by atoms with Gasteiger partial charge < -0.3 is 0 Å². The lowest BCUT2D eigenvalue weighted by Gasteiger charge is -2.18. The number of rotatable bonds is 3. The SMILES string of the molecule is [11CH3]n1nc2ccc(C(c3ccc(Cl)cc3)n3cncn3)cc2n1. The highest BCUT2D eigenvalue weighted by Gasteiger charge is 2.18. The molecule has 0 N–H and O–H groups in total. The van der Waals surface area contributed by atoms with Crippen molar-refractivity contribution in [3.63, 3.8) is 0 Å². The molecule has 0 saturated heterocycles. The highest BCUT2D eigenvalue weighted by Crippen LogP contribution is 2.28. The molecule has 0 radical (unpaired) electrons. The molecule has 2 heterocycles. The number of nitrogens with zero attached hydrogens (tertiary/aromatic N) is 6. The predicted octanol–water partition coefficient (Wildman–Crippen LogP) is 2.85. The van der Waals surface area contributed by atoms with E-state index in [0.717, 1.165) is 22.2 Å². The second-order valence-corrected chi connectivity index (χ2v) is 5.70. The number of aryl methyl sites for hydroxylation is 1. The van der Waals surface area contributed by atoms with E-state index in [1.54, 1.807) is 11.1 Å². The van der Waals surface area contributed by atoms with Crippen LogP contribution in [0.3, 0.4) is 0 Å². The molecule has 1 unspecified atom stereocenters. The van der Waals surface area contributed by atoms with E-state index in [1.165, 1.54) is 6.33 Å². The fraction of sp³-hybridized carbons (Fsp3) is 0.125. The topological polar surface area (TPSA) is 61.4 Å². The molecule has 6 nitrogen and oxygen atoms in total. The molecule has 4 rings (SSSR count). The summed E-state index contributed by atoms with van der Waals surface area (Å²) in [4.78, 5) is 5.64. The minimum absolute atomic E-state index is 0.0961. The number of hydrogen-bond donors (Lipinski definition) is 0. The van der Waals surface area contributed by atoms with Crippen LogP contribution in [0.15, 0.2) is 55.1 Å². The van der Waals surface area contributed by atoms with Crippen molar-refractivity contribution >= 4 is 22.6 Å². The molecule has 114 valence electrons. The van der Waals surface area contributed by atoms with Crippen LogP contribution < -0.4 is 0 Å². The van der Waals surface area contributed by atoms with Gasteiger partial charge in [-0.05, 0) is 35.4 Å². The fourth-order valence-electron chi connectivity index (χ4n) is 2.70. The van der Waals surface area contributed by atoms with Crippen LogP contribution in [0.5, 0.6) is 0 Å². The summed E-state index contributed by atoms with van der Waals surface area (Å²) in [5, 5.41) is 13.7. The number of fused-ring (bicyclic) bond motifs is 1. The fourth-order valence-corrected chi connectivity index (χ4v) is 2.83. The summed E-state index contributed by atoms with van der Waals surface area (Å²) in [7, 11) is 1.81. The van der Waals surface area contributed by atoms with Gasteiger partial charge in [-0.1, -0.05) is 29.8 Å². The minimum atomic E-state index is -0.0961. The van der Waals surface area contributed by atoms with Crippen molar-refractivity contribution in [1.29, 1.82) is 0 Å². The highest BCUT2D eigenvalue weighted by molar-refractivity contribution is 6.30. The number of aromatic nitrogens is 6. The average Bonchev–Trinajstić information content (AvgIpc) is 3.18. The molecule has 7 heteroatoms. The highest BCUT2D eigenvalue weighted by atomic mass is 35.5. The van der Waals surface area contributed by atoms with E-state index < -0.39 is 0 Å². The molecule has 0 bridgehead atoms. The first kappa shape index (κ1) is 13.9. The third-order valence-corrected chi connectivity index (χ3v) is 3.96. The van der Waals surface area contributed by atoms with E-state index in [2.05, 4.69) is 20.3 Å². The zero-order valence-electron chi connectivity index (χ0n) is 12.3. The molecule has 1 atom stereocenters. The molecule has 2 aromatic carbocycles. The summed E-state index contributed by atoms with van der Waals surface area (Å²) in [5.74, 6) is 0. The zero-order valence-corrected chi connectivity index (χ0v) is 13.1. The van der Waals surface area contributed by atoms with Gasteiger partial charge in [0.05, 0.1) is 0 Å². The Hall–Kier alpha value is -2.73. The molecular formula is C16H13ClN6. The van der Waals surface area contributed by atoms with Crippen molar-refractivity contribution in [2.45, 2.75) is 6.04 Å². The molecule has 0 aliphatic carbocycles. The second-order valence-electron chi connectivity index (χ2n) is 5.27. The largest absolute Gasteiger partial charge is 0.241 e. The van der Waals surface area contributed by atoms with Gasteiger partial charge in [0, 0.05) is 12.1 Å². The quantitative estimate of drug-likeness (QED) is 0.581. The van der Waals surface area contributed by atoms with Crippen LogP contribution >= 0.6 is 11.6 Å². The van der Waals surface area contributed by atoms with Crippen LogP contribution in [0.1, 0.15) is 17.2 Å². The molecule has 0 amide bonds. The van der Waals surface area contributed by atoms with Gasteiger partial charge in [0.15, 0.2) is 0 Å². The molecule has 0 fully saturated rings. The van der Waals surface area contributed by atoms with Gasteiger partial charge in [-0.3, -0.25) is 0 Å². The molecule has 23 heavy (non-hydrogen) atoms. The first-order chi connectivity index (χ1) is 11.2. The van der Waals surface area contributed by atoms with Crippen LogP contribution in [0, 0.1) is 0 Å². The normalized spacial score (nSPS) is 12.6. The molecule has 0 aliphatic rings. The van der Waals surface area contributed by atoms with Crippen LogP contribution in [-0.2, 0) is 7.05 Å². The van der Waals surface area contributed by atoms with Gasteiger partial charge in [-0.25, -0.2) is 9.67 Å². The Morgan fingerprint density at radius 1 is 0.957 bits per heavy atom. The van der Waals surface area contributed by atoms with E-state index >= 15 is 0 Å². The van der Waals surface area contributed by atoms with Crippen molar-refractivity contribution in [3.05, 3.63) is 71.3 Å². The Balaban J connectivity index is 1.87. The molecule has 0 aliphatic heterocycles. The third-order valence-electron chi connectivity index (χ3n) is 3.71. The molecular weight excluding hydrogens is 311 g/mol. The average molecular weight is 324 g/mol. The molecule has 2 aromatic heterocycles. The van der Waals surface area contributed by atoms with E-state index in [1.807, 2.05) is 54.2 Å². The maximum Gasteiger partial charge on any atom is 0.137 e. The summed E-state index contributed by atoms with van der Waals surface area (Å²) in [6, 6.07) is 13.7. The van der Waals surface area contributed by atoms with E-state index in [9.17, 15) is 0 Å². The Morgan fingerprint density at radius 3 is 2.43 bits per heavy atom. The standard InChI is InChI=1S/C16H13ClN6/c1-22-20-14-7-4-12(8-15(14)21-22)16(23-10-18-9-19-23)11-2-5-13(17)6-3-11/h2-10,16H,1H3/i1-1. The smallest absolute Gasteiger partial charge is 0.137 e. The second kappa shape index (κ2) is 5.48. The number of benzene rings is 2. The third kappa shape index (κ3) is 2.57. The van der Waals surface area contributed by atoms with Gasteiger partial charge in [0.1, 0.15) is 29.7 Å². The van der Waals surface area contributed by atoms with Crippen LogP contribution in [0.25, 0.3) is 11.0 Å². The summed E-state index contributed by atoms with van der Waals surface area (Å²) >= 11 is 6.01. The number of halogens is 1. The minimum Gasteiger partial charge on any atom is -0.241 e. The number of hydrogen-bond acceptors (Lipinski definition) is 4. The lowest BCUT2D eigenvalue weighted by molar-refractivity contribution is 0.594. The van der Waals surface area contributed by atoms with E-state index in [4.69, 9.17) is 11.6 Å². The maximum absolute atomic E-state index is 6.01. The summed E-state index contributed by atoms with van der Waals surface area (Å²) < 4.78 is 1.82. The first-order valence-corrected chi connectivity index (χ1v) is 7.49. The van der Waals surface area contributed by atoms with Crippen LogP contribution in [0.2, 0.25) is 5.02 Å². The zero-order chi connectivity index (χ0) is 15.8. The van der Waals surface area contributed by atoms with Crippen LogP contribution in [-0.4, -0.2) is 29.8 Å². The Kier molecular flexibility index (Phi) is 3.31. The summed E-state index contributed by atoms with van der Waals surface area (Å²) in [5.41, 5.74) is 3.85. The lowest BCUT2D eigenvalue weighted by atomic mass is 9.98. The Bertz CT molecular complexity index is 943. The molecule has 0 spiro atoms. The van der Waals surface area contributed by atoms with Gasteiger partial charge in [0.2, 0.25) is 0 Å². The van der Waals surface area contributed by atoms with Gasteiger partial charge in [0.25, 0.3) is 0 Å². The summed E-state index contributed by atoms with van der Waals surface area (Å²) in [6.45, 7) is 0. The molecule has 4 aromatic rings. The Labute approximate surface area is 137 Å². The molecule has 0 saturated carbocycles. The Morgan fingerprint density at radius 2 is 1.70 bits per heavy atom. The van der Waals surface area contributed by atoms with Crippen LogP contribution in [0.4, 0.5) is 0 Å². The van der Waals surface area contributed by atoms with Crippen molar-refractivity contribution in [3.8, 4) is 0 Å². The monoisotopic (exact) mass is 323 g/mol. The van der Waals surface area contributed by atoms with Crippen molar-refractivity contribution in [1.82, 2.24) is 29.8 Å². The lowest BCUT2D eigenvalue weighted by Crippen LogP contribution is -2.12. The van der Waals surface area contributed by atoms with Crippen molar-refractivity contribution in [2.24, 2.45) is 7.05 Å². The van der Waals surface area contributed by atoms with E-state index in [-0.39, 0.29) is 6.04 Å². The van der Waals surface area contributed by atoms with Gasteiger partial charge in [-0.2, -0.15) is 20.1 Å². The maximum atomic E-state index is 6.01. The van der Waals surface area contributed by atoms with E-state index in [0.29, 0.717) is 5.02 Å². The van der Waals surface area contributed by atoms with Gasteiger partial charge in [-0.15, -0.1) is 0 Å². The van der Waals surface area contributed by atoms with Gasteiger partial charge >= 0.3 is 0 Å². The summed E-state index contributed by atoms with van der Waals surface area (Å²) in [6.07, 6.45) is 3.24.